The van der Waals surface area contributed by atoms with Crippen LogP contribution in [0.2, 0.25) is 0 Å². The molecular formula is C36H52N4O2. The molecule has 4 N–H and O–H groups in total. The van der Waals surface area contributed by atoms with E-state index >= 15 is 0 Å². The summed E-state index contributed by atoms with van der Waals surface area (Å²) in [6.07, 6.45) is 10.2. The van der Waals surface area contributed by atoms with Crippen molar-refractivity contribution in [2.24, 2.45) is 23.3 Å². The van der Waals surface area contributed by atoms with Crippen LogP contribution in [0.5, 0.6) is 11.5 Å². The van der Waals surface area contributed by atoms with E-state index in [4.69, 9.17) is 20.9 Å². The van der Waals surface area contributed by atoms with E-state index in [1.165, 1.54) is 74.1 Å². The molecule has 0 spiro atoms. The summed E-state index contributed by atoms with van der Waals surface area (Å²) in [5.41, 5.74) is 19.5. The van der Waals surface area contributed by atoms with Crippen molar-refractivity contribution < 1.29 is 9.47 Å². The fourth-order valence-corrected chi connectivity index (χ4v) is 8.81. The van der Waals surface area contributed by atoms with Crippen LogP contribution in [0.3, 0.4) is 0 Å². The van der Waals surface area contributed by atoms with E-state index in [1.54, 1.807) is 14.2 Å². The number of hydrogen-bond donors (Lipinski definition) is 2. The molecule has 6 atom stereocenters. The highest BCUT2D eigenvalue weighted by Crippen LogP contribution is 2.47. The zero-order valence-corrected chi connectivity index (χ0v) is 26.3. The van der Waals surface area contributed by atoms with Gasteiger partial charge in [-0.3, -0.25) is 9.80 Å². The minimum absolute atomic E-state index is 0.104. The van der Waals surface area contributed by atoms with E-state index in [9.17, 15) is 0 Å². The summed E-state index contributed by atoms with van der Waals surface area (Å²) in [4.78, 5) is 5.36. The predicted octanol–water partition coefficient (Wildman–Crippen LogP) is 4.64. The Labute approximate surface area is 253 Å². The summed E-state index contributed by atoms with van der Waals surface area (Å²) >= 11 is 0. The maximum atomic E-state index is 6.73. The zero-order chi connectivity index (χ0) is 29.2. The summed E-state index contributed by atoms with van der Waals surface area (Å²) in [7, 11) is 3.49. The van der Waals surface area contributed by atoms with Crippen LogP contribution < -0.4 is 20.9 Å². The molecule has 8 rings (SSSR count). The van der Waals surface area contributed by atoms with Gasteiger partial charge in [0.25, 0.3) is 0 Å². The minimum atomic E-state index is 0.104. The topological polar surface area (TPSA) is 77.0 Å². The van der Waals surface area contributed by atoms with Gasteiger partial charge in [0.1, 0.15) is 11.5 Å². The van der Waals surface area contributed by atoms with Crippen molar-refractivity contribution >= 4 is 0 Å². The van der Waals surface area contributed by atoms with Crippen LogP contribution in [0.25, 0.3) is 0 Å². The van der Waals surface area contributed by atoms with Crippen LogP contribution in [-0.2, 0) is 23.7 Å². The van der Waals surface area contributed by atoms with Crippen molar-refractivity contribution in [3.63, 3.8) is 0 Å². The van der Waals surface area contributed by atoms with Gasteiger partial charge in [0.2, 0.25) is 0 Å². The van der Waals surface area contributed by atoms with Crippen molar-refractivity contribution in [3.05, 3.63) is 58.7 Å². The molecule has 228 valence electrons. The summed E-state index contributed by atoms with van der Waals surface area (Å²) in [6, 6.07) is 14.7. The van der Waals surface area contributed by atoms with Gasteiger partial charge in [-0.15, -0.1) is 0 Å². The van der Waals surface area contributed by atoms with Gasteiger partial charge >= 0.3 is 0 Å². The SMILES string of the molecule is COc1ccc2c(c1)[C@]1(C)CCN(CC3CC3)[C@H](C2)[C@H]1N.COc1ccc2c(c1)[C@]1(C)CCN(CC3CC3)[C@H](C2)[C@H]1N. The van der Waals surface area contributed by atoms with Gasteiger partial charge in [0.15, 0.2) is 0 Å². The van der Waals surface area contributed by atoms with E-state index in [-0.39, 0.29) is 22.9 Å². The third-order valence-electron chi connectivity index (χ3n) is 12.2. The highest BCUT2D eigenvalue weighted by Gasteiger charge is 2.51. The lowest BCUT2D eigenvalue weighted by molar-refractivity contribution is 0.0601. The Bertz CT molecular complexity index is 1210. The van der Waals surface area contributed by atoms with E-state index in [0.717, 1.165) is 49.0 Å². The van der Waals surface area contributed by atoms with Crippen molar-refractivity contribution in [2.45, 2.75) is 100 Å². The monoisotopic (exact) mass is 572 g/mol. The number of nitrogens with two attached hydrogens (primary N) is 2. The van der Waals surface area contributed by atoms with Crippen molar-refractivity contribution in [1.82, 2.24) is 9.80 Å². The molecule has 42 heavy (non-hydrogen) atoms. The summed E-state index contributed by atoms with van der Waals surface area (Å²) in [5, 5.41) is 0. The molecule has 4 aliphatic carbocycles. The van der Waals surface area contributed by atoms with Gasteiger partial charge in [0.05, 0.1) is 14.2 Å². The van der Waals surface area contributed by atoms with Crippen molar-refractivity contribution in [2.75, 3.05) is 40.4 Å². The molecular weight excluding hydrogens is 520 g/mol. The quantitative estimate of drug-likeness (QED) is 0.525. The Morgan fingerprint density at radius 2 is 1.10 bits per heavy atom. The number of hydrogen-bond acceptors (Lipinski definition) is 6. The molecule has 6 aliphatic rings. The summed E-state index contributed by atoms with van der Waals surface area (Å²) < 4.78 is 10.9. The lowest BCUT2D eigenvalue weighted by atomic mass is 9.62. The first-order valence-corrected chi connectivity index (χ1v) is 16.6. The van der Waals surface area contributed by atoms with Crippen molar-refractivity contribution in [3.8, 4) is 11.5 Å². The first-order chi connectivity index (χ1) is 20.2. The Hall–Kier alpha value is -2.12. The fraction of sp³-hybridized carbons (Fsp3) is 0.667. The van der Waals surface area contributed by atoms with Gasteiger partial charge in [-0.25, -0.2) is 0 Å². The maximum Gasteiger partial charge on any atom is 0.119 e. The van der Waals surface area contributed by atoms with Gasteiger partial charge in [-0.1, -0.05) is 26.0 Å². The normalized spacial score (nSPS) is 35.4. The minimum Gasteiger partial charge on any atom is -0.497 e. The molecule has 2 heterocycles. The van der Waals surface area contributed by atoms with Crippen LogP contribution in [0.4, 0.5) is 0 Å². The Balaban J connectivity index is 0.000000137. The van der Waals surface area contributed by atoms with Crippen LogP contribution in [0.15, 0.2) is 36.4 Å². The largest absolute Gasteiger partial charge is 0.497 e. The van der Waals surface area contributed by atoms with Crippen LogP contribution >= 0.6 is 0 Å². The number of likely N-dealkylation sites (tertiary alicyclic amines) is 2. The molecule has 6 nitrogen and oxygen atoms in total. The number of rotatable bonds is 6. The molecule has 2 aromatic rings. The summed E-state index contributed by atoms with van der Waals surface area (Å²) in [5.74, 6) is 3.81. The highest BCUT2D eigenvalue weighted by atomic mass is 16.5. The molecule has 0 unspecified atom stereocenters. The highest BCUT2D eigenvalue weighted by molar-refractivity contribution is 5.47. The third kappa shape index (κ3) is 4.96. The van der Waals surface area contributed by atoms with Crippen LogP contribution in [0.1, 0.15) is 74.6 Å². The zero-order valence-electron chi connectivity index (χ0n) is 26.3. The number of methoxy groups -OCH3 is 2. The maximum absolute atomic E-state index is 6.73. The fourth-order valence-electron chi connectivity index (χ4n) is 8.81. The standard InChI is InChI=1S/2C18H26N2O/c2*1-18-7-8-20(11-12-3-4-12)16(17(18)19)9-13-5-6-14(21-2)10-15(13)18/h2*5-6,10,12,16-17H,3-4,7-9,11,19H2,1-2H3/t2*16-,17-,18+/m11/s1. The molecule has 0 amide bonds. The molecule has 0 radical (unpaired) electrons. The second-order valence-electron chi connectivity index (χ2n) is 14.9. The molecule has 2 aromatic carbocycles. The molecule has 2 saturated carbocycles. The van der Waals surface area contributed by atoms with E-state index in [2.05, 4.69) is 60.0 Å². The van der Waals surface area contributed by atoms with Gasteiger partial charge in [-0.05, 0) is 123 Å². The number of ether oxygens (including phenoxy) is 2. The predicted molar refractivity (Wildman–Crippen MR) is 169 cm³/mol. The number of fused-ring (bicyclic) bond motifs is 8. The van der Waals surface area contributed by atoms with E-state index < -0.39 is 0 Å². The second kappa shape index (κ2) is 10.8. The molecule has 0 aromatic heterocycles. The summed E-state index contributed by atoms with van der Waals surface area (Å²) in [6.45, 7) is 9.64. The average Bonchev–Trinajstić information content (AvgIpc) is 3.93. The molecule has 6 heteroatoms. The van der Waals surface area contributed by atoms with Crippen molar-refractivity contribution in [1.29, 1.82) is 0 Å². The first-order valence-electron chi connectivity index (χ1n) is 16.6. The average molecular weight is 573 g/mol. The van der Waals surface area contributed by atoms with Gasteiger partial charge in [-0.2, -0.15) is 0 Å². The smallest absolute Gasteiger partial charge is 0.119 e. The molecule has 2 saturated heterocycles. The number of nitrogens with zero attached hydrogens (tertiary/aromatic N) is 2. The van der Waals surface area contributed by atoms with Crippen LogP contribution in [-0.4, -0.2) is 74.4 Å². The lowest BCUT2D eigenvalue weighted by Gasteiger charge is -2.54. The Morgan fingerprint density at radius 1 is 0.690 bits per heavy atom. The molecule has 2 aliphatic heterocycles. The molecule has 4 fully saturated rings. The van der Waals surface area contributed by atoms with Crippen LogP contribution in [0, 0.1) is 11.8 Å². The van der Waals surface area contributed by atoms with E-state index in [1.807, 2.05) is 0 Å². The molecule has 4 bridgehead atoms. The third-order valence-corrected chi connectivity index (χ3v) is 12.2. The van der Waals surface area contributed by atoms with E-state index in [0.29, 0.717) is 12.1 Å². The van der Waals surface area contributed by atoms with Gasteiger partial charge in [0, 0.05) is 48.1 Å². The number of piperidine rings is 2. The van der Waals surface area contributed by atoms with Gasteiger partial charge < -0.3 is 20.9 Å². The Kier molecular flexibility index (Phi) is 7.36. The first kappa shape index (κ1) is 28.6. The lowest BCUT2D eigenvalue weighted by Crippen LogP contribution is -2.65. The number of benzene rings is 2. The second-order valence-corrected chi connectivity index (χ2v) is 14.9. The Morgan fingerprint density at radius 3 is 1.45 bits per heavy atom.